The first-order chi connectivity index (χ1) is 6.29. The SMILES string of the molecule is CC(=O)N1CCOc2ncccc21. The monoisotopic (exact) mass is 178 g/mol. The van der Waals surface area contributed by atoms with E-state index in [-0.39, 0.29) is 5.91 Å². The van der Waals surface area contributed by atoms with E-state index in [1.165, 1.54) is 0 Å². The Labute approximate surface area is 76.1 Å². The van der Waals surface area contributed by atoms with E-state index < -0.39 is 0 Å². The molecule has 1 aromatic heterocycles. The number of hydrogen-bond acceptors (Lipinski definition) is 3. The summed E-state index contributed by atoms with van der Waals surface area (Å²) in [4.78, 5) is 16.9. The fraction of sp³-hybridized carbons (Fsp3) is 0.333. The maximum absolute atomic E-state index is 11.2. The molecule has 0 fully saturated rings. The third-order valence-corrected chi connectivity index (χ3v) is 1.98. The molecular weight excluding hydrogens is 168 g/mol. The van der Waals surface area contributed by atoms with Crippen LogP contribution in [0, 0.1) is 0 Å². The third kappa shape index (κ3) is 1.35. The molecule has 0 spiro atoms. The van der Waals surface area contributed by atoms with Crippen LogP contribution >= 0.6 is 0 Å². The van der Waals surface area contributed by atoms with Gasteiger partial charge in [0.15, 0.2) is 0 Å². The molecule has 4 heteroatoms. The van der Waals surface area contributed by atoms with Crippen molar-refractivity contribution in [2.45, 2.75) is 6.92 Å². The van der Waals surface area contributed by atoms with Crippen LogP contribution in [0.1, 0.15) is 6.92 Å². The highest BCUT2D eigenvalue weighted by atomic mass is 16.5. The molecule has 0 saturated heterocycles. The highest BCUT2D eigenvalue weighted by Crippen LogP contribution is 2.28. The van der Waals surface area contributed by atoms with Gasteiger partial charge in [0.25, 0.3) is 0 Å². The van der Waals surface area contributed by atoms with Crippen LogP contribution in [0.4, 0.5) is 5.69 Å². The maximum atomic E-state index is 11.2. The lowest BCUT2D eigenvalue weighted by Crippen LogP contribution is -2.36. The van der Waals surface area contributed by atoms with Gasteiger partial charge in [-0.3, -0.25) is 4.79 Å². The van der Waals surface area contributed by atoms with E-state index in [9.17, 15) is 4.79 Å². The second kappa shape index (κ2) is 3.05. The van der Waals surface area contributed by atoms with Crippen LogP contribution in [0.25, 0.3) is 0 Å². The van der Waals surface area contributed by atoms with E-state index in [0.29, 0.717) is 19.0 Å². The Hall–Kier alpha value is -1.58. The maximum Gasteiger partial charge on any atom is 0.238 e. The topological polar surface area (TPSA) is 42.4 Å². The Morgan fingerprint density at radius 1 is 1.69 bits per heavy atom. The van der Waals surface area contributed by atoms with Gasteiger partial charge in [-0.2, -0.15) is 0 Å². The smallest absolute Gasteiger partial charge is 0.238 e. The van der Waals surface area contributed by atoms with Gasteiger partial charge in [0, 0.05) is 13.1 Å². The lowest BCUT2D eigenvalue weighted by Gasteiger charge is -2.27. The zero-order valence-corrected chi connectivity index (χ0v) is 7.36. The van der Waals surface area contributed by atoms with Crippen LogP contribution < -0.4 is 9.64 Å². The number of amides is 1. The van der Waals surface area contributed by atoms with E-state index >= 15 is 0 Å². The van der Waals surface area contributed by atoms with Crippen LogP contribution in [0.2, 0.25) is 0 Å². The predicted molar refractivity (Wildman–Crippen MR) is 47.8 cm³/mol. The molecule has 0 N–H and O–H groups in total. The van der Waals surface area contributed by atoms with E-state index in [1.54, 1.807) is 24.1 Å². The molecule has 0 radical (unpaired) electrons. The van der Waals surface area contributed by atoms with Gasteiger partial charge in [-0.25, -0.2) is 4.98 Å². The minimum absolute atomic E-state index is 0.0255. The number of pyridine rings is 1. The summed E-state index contributed by atoms with van der Waals surface area (Å²) in [6, 6.07) is 3.63. The summed E-state index contributed by atoms with van der Waals surface area (Å²) in [5.74, 6) is 0.571. The minimum Gasteiger partial charge on any atom is -0.474 e. The molecule has 1 aromatic rings. The number of ether oxygens (including phenoxy) is 1. The van der Waals surface area contributed by atoms with Gasteiger partial charge in [0.1, 0.15) is 12.3 Å². The first kappa shape index (κ1) is 8.04. The van der Waals surface area contributed by atoms with Gasteiger partial charge in [0.05, 0.1) is 6.54 Å². The second-order valence-electron chi connectivity index (χ2n) is 2.85. The Morgan fingerprint density at radius 3 is 3.31 bits per heavy atom. The second-order valence-corrected chi connectivity index (χ2v) is 2.85. The Bertz CT molecular complexity index is 338. The van der Waals surface area contributed by atoms with Crippen molar-refractivity contribution in [2.24, 2.45) is 0 Å². The van der Waals surface area contributed by atoms with Crippen LogP contribution in [-0.4, -0.2) is 24.0 Å². The van der Waals surface area contributed by atoms with E-state index in [0.717, 1.165) is 5.69 Å². The molecule has 4 nitrogen and oxygen atoms in total. The molecule has 1 aliphatic heterocycles. The number of fused-ring (bicyclic) bond motifs is 1. The molecule has 1 amide bonds. The molecule has 0 aliphatic carbocycles. The predicted octanol–water partition coefficient (Wildman–Crippen LogP) is 0.827. The van der Waals surface area contributed by atoms with Gasteiger partial charge in [0.2, 0.25) is 11.8 Å². The summed E-state index contributed by atoms with van der Waals surface area (Å²) in [5, 5.41) is 0. The van der Waals surface area contributed by atoms with Gasteiger partial charge in [-0.05, 0) is 12.1 Å². The standard InChI is InChI=1S/C9H10N2O2/c1-7(12)11-5-6-13-9-8(11)3-2-4-10-9/h2-4H,5-6H2,1H3. The average molecular weight is 178 g/mol. The highest BCUT2D eigenvalue weighted by molar-refractivity contribution is 5.93. The summed E-state index contributed by atoms with van der Waals surface area (Å²) in [6.45, 7) is 2.67. The molecule has 0 unspecified atom stereocenters. The molecule has 13 heavy (non-hydrogen) atoms. The number of hydrogen-bond donors (Lipinski definition) is 0. The van der Waals surface area contributed by atoms with Gasteiger partial charge in [-0.15, -0.1) is 0 Å². The quantitative estimate of drug-likeness (QED) is 0.590. The molecule has 2 rings (SSSR count). The summed E-state index contributed by atoms with van der Waals surface area (Å²) in [5.41, 5.74) is 0.765. The summed E-state index contributed by atoms with van der Waals surface area (Å²) >= 11 is 0. The number of aromatic nitrogens is 1. The average Bonchev–Trinajstić information content (AvgIpc) is 2.17. The molecule has 0 bridgehead atoms. The van der Waals surface area contributed by atoms with E-state index in [4.69, 9.17) is 4.74 Å². The summed E-state index contributed by atoms with van der Waals surface area (Å²) < 4.78 is 5.30. The molecular formula is C9H10N2O2. The Balaban J connectivity index is 2.42. The van der Waals surface area contributed by atoms with Crippen LogP contribution in [0.15, 0.2) is 18.3 Å². The normalized spacial score (nSPS) is 14.7. The fourth-order valence-electron chi connectivity index (χ4n) is 1.38. The number of rotatable bonds is 0. The summed E-state index contributed by atoms with van der Waals surface area (Å²) in [6.07, 6.45) is 1.66. The van der Waals surface area contributed by atoms with Crippen molar-refractivity contribution in [3.63, 3.8) is 0 Å². The van der Waals surface area contributed by atoms with Crippen LogP contribution in [-0.2, 0) is 4.79 Å². The zero-order chi connectivity index (χ0) is 9.26. The summed E-state index contributed by atoms with van der Waals surface area (Å²) in [7, 11) is 0. The largest absolute Gasteiger partial charge is 0.474 e. The van der Waals surface area contributed by atoms with Crippen LogP contribution in [0.3, 0.4) is 0 Å². The van der Waals surface area contributed by atoms with Crippen LogP contribution in [0.5, 0.6) is 5.88 Å². The number of carbonyl (C=O) groups excluding carboxylic acids is 1. The first-order valence-corrected chi connectivity index (χ1v) is 4.15. The molecule has 0 aromatic carbocycles. The molecule has 1 aliphatic rings. The molecule has 2 heterocycles. The van der Waals surface area contributed by atoms with E-state index in [2.05, 4.69) is 4.98 Å². The van der Waals surface area contributed by atoms with Crippen molar-refractivity contribution < 1.29 is 9.53 Å². The number of carbonyl (C=O) groups is 1. The Morgan fingerprint density at radius 2 is 2.54 bits per heavy atom. The zero-order valence-electron chi connectivity index (χ0n) is 7.36. The van der Waals surface area contributed by atoms with Crippen molar-refractivity contribution in [2.75, 3.05) is 18.1 Å². The fourth-order valence-corrected chi connectivity index (χ4v) is 1.38. The van der Waals surface area contributed by atoms with Crippen molar-refractivity contribution in [1.82, 2.24) is 4.98 Å². The first-order valence-electron chi connectivity index (χ1n) is 4.15. The highest BCUT2D eigenvalue weighted by Gasteiger charge is 2.21. The van der Waals surface area contributed by atoms with E-state index in [1.807, 2.05) is 6.07 Å². The number of nitrogens with zero attached hydrogens (tertiary/aromatic N) is 2. The van der Waals surface area contributed by atoms with Gasteiger partial charge in [-0.1, -0.05) is 0 Å². The van der Waals surface area contributed by atoms with Crippen molar-refractivity contribution in [1.29, 1.82) is 0 Å². The van der Waals surface area contributed by atoms with Gasteiger partial charge >= 0.3 is 0 Å². The van der Waals surface area contributed by atoms with Crippen molar-refractivity contribution in [3.05, 3.63) is 18.3 Å². The van der Waals surface area contributed by atoms with Crippen molar-refractivity contribution in [3.8, 4) is 5.88 Å². The lowest BCUT2D eigenvalue weighted by atomic mass is 10.3. The Kier molecular flexibility index (Phi) is 1.88. The number of anilines is 1. The lowest BCUT2D eigenvalue weighted by molar-refractivity contribution is -0.116. The molecule has 0 saturated carbocycles. The minimum atomic E-state index is 0.0255. The van der Waals surface area contributed by atoms with Gasteiger partial charge < -0.3 is 9.64 Å². The molecule has 0 atom stereocenters. The van der Waals surface area contributed by atoms with Crippen molar-refractivity contribution >= 4 is 11.6 Å². The molecule has 68 valence electrons. The third-order valence-electron chi connectivity index (χ3n) is 1.98.